The van der Waals surface area contributed by atoms with Crippen LogP contribution in [0.4, 0.5) is 0 Å². The molecule has 0 unspecified atom stereocenters. The number of carbonyl (C=O) groups excluding carboxylic acids is 1. The van der Waals surface area contributed by atoms with Crippen molar-refractivity contribution >= 4 is 25.7 Å². The summed E-state index contributed by atoms with van der Waals surface area (Å²) in [6.07, 6.45) is 3.09. The molecule has 0 aliphatic carbocycles. The first-order chi connectivity index (χ1) is 7.22. The number of esters is 1. The first-order valence-electron chi connectivity index (χ1n) is 4.17. The van der Waals surface area contributed by atoms with E-state index in [0.717, 1.165) is 11.1 Å². The summed E-state index contributed by atoms with van der Waals surface area (Å²) in [5.74, 6) is -0.348. The SMILES string of the molecule is [CH2-]c1ccc(/C=C/C(=O)OC)cc1.[Zn+][Br]. The van der Waals surface area contributed by atoms with Gasteiger partial charge in [0.15, 0.2) is 0 Å². The number of ether oxygens (including phenoxy) is 1. The summed E-state index contributed by atoms with van der Waals surface area (Å²) < 4.78 is 4.46. The first kappa shape index (κ1) is 14.4. The van der Waals surface area contributed by atoms with Crippen molar-refractivity contribution in [2.45, 2.75) is 0 Å². The summed E-state index contributed by atoms with van der Waals surface area (Å²) in [5, 5.41) is 0. The van der Waals surface area contributed by atoms with Gasteiger partial charge in [-0.25, -0.2) is 4.79 Å². The average Bonchev–Trinajstić information content (AvgIpc) is 2.30. The van der Waals surface area contributed by atoms with Crippen LogP contribution in [0.3, 0.4) is 0 Å². The van der Waals surface area contributed by atoms with Gasteiger partial charge in [-0.1, -0.05) is 0 Å². The molecule has 0 saturated heterocycles. The summed E-state index contributed by atoms with van der Waals surface area (Å²) in [4.78, 5) is 10.7. The van der Waals surface area contributed by atoms with E-state index in [-0.39, 0.29) is 5.97 Å². The molecule has 0 amide bonds. The van der Waals surface area contributed by atoms with Gasteiger partial charge in [-0.15, -0.1) is 12.1 Å². The molecule has 1 aromatic carbocycles. The molecule has 0 radical (unpaired) electrons. The van der Waals surface area contributed by atoms with Gasteiger partial charge >= 0.3 is 35.9 Å². The van der Waals surface area contributed by atoms with Crippen LogP contribution in [0, 0.1) is 6.92 Å². The monoisotopic (exact) mass is 318 g/mol. The Morgan fingerprint density at radius 1 is 1.40 bits per heavy atom. The van der Waals surface area contributed by atoms with E-state index in [1.165, 1.54) is 29.5 Å². The first-order valence-corrected chi connectivity index (χ1v) is 11.1. The van der Waals surface area contributed by atoms with E-state index in [4.69, 9.17) is 0 Å². The molecule has 0 aliphatic rings. The van der Waals surface area contributed by atoms with E-state index >= 15 is 0 Å². The van der Waals surface area contributed by atoms with Gasteiger partial charge in [-0.05, 0) is 11.6 Å². The van der Waals surface area contributed by atoms with E-state index < -0.39 is 0 Å². The molecule has 1 aromatic rings. The molecule has 0 aliphatic heterocycles. The molecule has 1 rings (SSSR count). The number of benzene rings is 1. The Bertz CT molecular complexity index is 320. The standard InChI is InChI=1S/C11H11O2.BrH.Zn/c1-9-3-5-10(6-4-9)7-8-11(12)13-2;;/h3-8H,1H2,2H3;1H;/q-1;;+2/p-1/b8-7+;;. The van der Waals surface area contributed by atoms with Gasteiger partial charge in [-0.3, -0.25) is 0 Å². The van der Waals surface area contributed by atoms with Crippen molar-refractivity contribution in [3.05, 3.63) is 48.4 Å². The molecule has 0 fully saturated rings. The van der Waals surface area contributed by atoms with Crippen molar-refractivity contribution in [3.8, 4) is 0 Å². The van der Waals surface area contributed by atoms with Crippen molar-refractivity contribution in [1.82, 2.24) is 0 Å². The van der Waals surface area contributed by atoms with Crippen molar-refractivity contribution in [1.29, 1.82) is 0 Å². The summed E-state index contributed by atoms with van der Waals surface area (Å²) >= 11 is 4.25. The minimum atomic E-state index is -0.348. The fraction of sp³-hybridized carbons (Fsp3) is 0.0909. The molecule has 4 heteroatoms. The van der Waals surface area contributed by atoms with Gasteiger partial charge in [0.25, 0.3) is 0 Å². The van der Waals surface area contributed by atoms with Crippen LogP contribution in [0.25, 0.3) is 6.08 Å². The quantitative estimate of drug-likeness (QED) is 0.362. The number of hydrogen-bond acceptors (Lipinski definition) is 2. The van der Waals surface area contributed by atoms with E-state index in [1.807, 2.05) is 24.3 Å². The van der Waals surface area contributed by atoms with Crippen LogP contribution in [-0.4, -0.2) is 13.1 Å². The van der Waals surface area contributed by atoms with Crippen molar-refractivity contribution in [2.24, 2.45) is 0 Å². The molecule has 2 nitrogen and oxygen atoms in total. The maximum atomic E-state index is 10.7. The summed E-state index contributed by atoms with van der Waals surface area (Å²) in [5.41, 5.74) is 1.91. The van der Waals surface area contributed by atoms with Gasteiger partial charge < -0.3 is 4.74 Å². The summed E-state index contributed by atoms with van der Waals surface area (Å²) in [7, 11) is 1.35. The molecule has 15 heavy (non-hydrogen) atoms. The van der Waals surface area contributed by atoms with Crippen LogP contribution in [0.15, 0.2) is 30.3 Å². The number of hydrogen-bond donors (Lipinski definition) is 0. The Labute approximate surface area is 107 Å². The van der Waals surface area contributed by atoms with Gasteiger partial charge in [0.2, 0.25) is 0 Å². The van der Waals surface area contributed by atoms with Gasteiger partial charge in [0, 0.05) is 6.08 Å². The Kier molecular flexibility index (Phi) is 8.35. The third kappa shape index (κ3) is 6.48. The van der Waals surface area contributed by atoms with Crippen LogP contribution in [0.2, 0.25) is 0 Å². The second-order valence-corrected chi connectivity index (χ2v) is 2.60. The van der Waals surface area contributed by atoms with E-state index in [0.29, 0.717) is 0 Å². The van der Waals surface area contributed by atoms with Gasteiger partial charge in [0.1, 0.15) is 0 Å². The molecular formula is C11H11BrO2Zn. The third-order valence-corrected chi connectivity index (χ3v) is 1.59. The third-order valence-electron chi connectivity index (χ3n) is 1.59. The predicted octanol–water partition coefficient (Wildman–Crippen LogP) is 2.90. The van der Waals surface area contributed by atoms with Crippen LogP contribution in [-0.2, 0) is 25.9 Å². The summed E-state index contributed by atoms with van der Waals surface area (Å²) in [6, 6.07) is 7.55. The second-order valence-electron chi connectivity index (χ2n) is 2.60. The molecule has 0 spiro atoms. The molecule has 0 saturated carbocycles. The fourth-order valence-electron chi connectivity index (χ4n) is 0.861. The molecule has 0 bridgehead atoms. The maximum absolute atomic E-state index is 10.7. The Morgan fingerprint density at radius 2 is 1.93 bits per heavy atom. The number of halogens is 1. The van der Waals surface area contributed by atoms with Crippen molar-refractivity contribution in [3.63, 3.8) is 0 Å². The van der Waals surface area contributed by atoms with Crippen molar-refractivity contribution < 1.29 is 25.9 Å². The number of rotatable bonds is 2. The Morgan fingerprint density at radius 3 is 2.40 bits per heavy atom. The fourth-order valence-corrected chi connectivity index (χ4v) is 0.861. The zero-order valence-electron chi connectivity index (χ0n) is 8.57. The predicted molar refractivity (Wildman–Crippen MR) is 60.9 cm³/mol. The molecule has 0 heterocycles. The van der Waals surface area contributed by atoms with Crippen LogP contribution in [0.5, 0.6) is 0 Å². The van der Waals surface area contributed by atoms with Crippen molar-refractivity contribution in [2.75, 3.05) is 7.11 Å². The van der Waals surface area contributed by atoms with Crippen LogP contribution in [0.1, 0.15) is 11.1 Å². The number of methoxy groups -OCH3 is 1. The van der Waals surface area contributed by atoms with E-state index in [1.54, 1.807) is 6.08 Å². The number of carbonyl (C=O) groups is 1. The molecule has 0 atom stereocenters. The molecule has 0 aromatic heterocycles. The van der Waals surface area contributed by atoms with Crippen LogP contribution < -0.4 is 0 Å². The molecule has 76 valence electrons. The topological polar surface area (TPSA) is 26.3 Å². The van der Waals surface area contributed by atoms with Crippen LogP contribution >= 0.6 is 13.6 Å². The van der Waals surface area contributed by atoms with E-state index in [9.17, 15) is 4.79 Å². The second kappa shape index (κ2) is 8.69. The molecule has 0 N–H and O–H groups in total. The molecular weight excluding hydrogens is 309 g/mol. The Balaban J connectivity index is 0.000000921. The zero-order valence-corrected chi connectivity index (χ0v) is 13.1. The average molecular weight is 321 g/mol. The van der Waals surface area contributed by atoms with Gasteiger partial charge in [0.05, 0.1) is 7.11 Å². The Hall–Kier alpha value is -0.597. The zero-order chi connectivity index (χ0) is 11.7. The minimum absolute atomic E-state index is 0.348. The van der Waals surface area contributed by atoms with E-state index in [2.05, 4.69) is 25.3 Å². The normalized spacial score (nSPS) is 9.33. The summed E-state index contributed by atoms with van der Waals surface area (Å²) in [6.45, 7) is 3.76. The van der Waals surface area contributed by atoms with Gasteiger partial charge in [-0.2, -0.15) is 24.6 Å².